The predicted molar refractivity (Wildman–Crippen MR) is 122 cm³/mol. The molecule has 0 spiro atoms. The standard InChI is InChI=1S/C26H25NO5/c1-4-18-19-9-7-8-10-20(19)24(32-6-3)23-22(18)25(29)27(26(23)30)17-13-11-16(12-14-17)15-21(28)31-5-2/h7-14H,4-6,15H2,1-3H3. The molecule has 4 rings (SSSR count). The SMILES string of the molecule is CCOC(=O)Cc1ccc(N2C(=O)c3c(c(OCC)c4ccccc4c3CC)C2=O)cc1. The summed E-state index contributed by atoms with van der Waals surface area (Å²) in [5.74, 6) is -0.615. The number of aryl methyl sites for hydroxylation is 1. The van der Waals surface area contributed by atoms with Crippen LogP contribution in [0.5, 0.6) is 5.75 Å². The Morgan fingerprint density at radius 2 is 1.50 bits per heavy atom. The number of rotatable bonds is 7. The molecule has 0 aromatic heterocycles. The summed E-state index contributed by atoms with van der Waals surface area (Å²) >= 11 is 0. The number of ether oxygens (including phenoxy) is 2. The topological polar surface area (TPSA) is 72.9 Å². The minimum Gasteiger partial charge on any atom is -0.492 e. The van der Waals surface area contributed by atoms with Crippen molar-refractivity contribution in [3.05, 3.63) is 70.8 Å². The summed E-state index contributed by atoms with van der Waals surface area (Å²) in [6, 6.07) is 14.5. The summed E-state index contributed by atoms with van der Waals surface area (Å²) in [6.45, 7) is 6.30. The first kappa shape index (κ1) is 21.6. The van der Waals surface area contributed by atoms with Gasteiger partial charge in [-0.25, -0.2) is 4.90 Å². The summed E-state index contributed by atoms with van der Waals surface area (Å²) in [4.78, 5) is 40.0. The van der Waals surface area contributed by atoms with Crippen LogP contribution in [-0.2, 0) is 22.4 Å². The van der Waals surface area contributed by atoms with Crippen LogP contribution in [0.1, 0.15) is 52.6 Å². The molecule has 0 saturated carbocycles. The Morgan fingerprint density at radius 3 is 2.12 bits per heavy atom. The second-order valence-corrected chi connectivity index (χ2v) is 7.48. The first-order valence-electron chi connectivity index (χ1n) is 10.8. The van der Waals surface area contributed by atoms with Gasteiger partial charge in [-0.3, -0.25) is 14.4 Å². The van der Waals surface area contributed by atoms with Gasteiger partial charge in [-0.2, -0.15) is 0 Å². The molecular weight excluding hydrogens is 406 g/mol. The van der Waals surface area contributed by atoms with Crippen molar-refractivity contribution in [2.75, 3.05) is 18.1 Å². The van der Waals surface area contributed by atoms with E-state index < -0.39 is 5.91 Å². The van der Waals surface area contributed by atoms with E-state index in [1.807, 2.05) is 38.1 Å². The third-order valence-corrected chi connectivity index (χ3v) is 5.60. The zero-order valence-electron chi connectivity index (χ0n) is 18.4. The number of amides is 2. The van der Waals surface area contributed by atoms with Crippen LogP contribution in [-0.4, -0.2) is 31.0 Å². The number of hydrogen-bond donors (Lipinski definition) is 0. The molecule has 1 aliphatic rings. The van der Waals surface area contributed by atoms with Crippen molar-refractivity contribution >= 4 is 34.2 Å². The zero-order chi connectivity index (χ0) is 22.8. The Labute approximate surface area is 186 Å². The number of imide groups is 1. The molecule has 2 amide bonds. The Balaban J connectivity index is 1.80. The van der Waals surface area contributed by atoms with E-state index in [0.29, 0.717) is 42.2 Å². The number of hydrogen-bond acceptors (Lipinski definition) is 5. The van der Waals surface area contributed by atoms with Gasteiger partial charge in [0.05, 0.1) is 36.4 Å². The summed E-state index contributed by atoms with van der Waals surface area (Å²) in [5, 5.41) is 1.75. The molecule has 0 unspecified atom stereocenters. The van der Waals surface area contributed by atoms with E-state index in [4.69, 9.17) is 9.47 Å². The lowest BCUT2D eigenvalue weighted by Gasteiger charge is -2.15. The lowest BCUT2D eigenvalue weighted by atomic mass is 9.92. The average Bonchev–Trinajstić information content (AvgIpc) is 3.05. The predicted octanol–water partition coefficient (Wildman–Crippen LogP) is 4.71. The van der Waals surface area contributed by atoms with E-state index in [1.54, 1.807) is 31.2 Å². The van der Waals surface area contributed by atoms with Gasteiger partial charge in [-0.15, -0.1) is 0 Å². The molecule has 0 radical (unpaired) electrons. The molecule has 32 heavy (non-hydrogen) atoms. The summed E-state index contributed by atoms with van der Waals surface area (Å²) in [6.07, 6.45) is 0.747. The van der Waals surface area contributed by atoms with Crippen molar-refractivity contribution in [2.24, 2.45) is 0 Å². The second kappa shape index (κ2) is 8.83. The van der Waals surface area contributed by atoms with E-state index in [1.165, 1.54) is 4.90 Å². The van der Waals surface area contributed by atoms with E-state index in [2.05, 4.69) is 0 Å². The monoisotopic (exact) mass is 431 g/mol. The Hall–Kier alpha value is -3.67. The van der Waals surface area contributed by atoms with Gasteiger partial charge < -0.3 is 9.47 Å². The van der Waals surface area contributed by atoms with Gasteiger partial charge in [0.1, 0.15) is 5.75 Å². The number of nitrogens with zero attached hydrogens (tertiary/aromatic N) is 1. The Bertz CT molecular complexity index is 1210. The molecule has 0 saturated heterocycles. The largest absolute Gasteiger partial charge is 0.492 e. The maximum Gasteiger partial charge on any atom is 0.310 e. The van der Waals surface area contributed by atoms with Gasteiger partial charge >= 0.3 is 5.97 Å². The number of fused-ring (bicyclic) bond motifs is 2. The molecule has 3 aromatic rings. The first-order valence-corrected chi connectivity index (χ1v) is 10.8. The van der Waals surface area contributed by atoms with Crippen molar-refractivity contribution in [1.82, 2.24) is 0 Å². The summed E-state index contributed by atoms with van der Waals surface area (Å²) < 4.78 is 10.9. The van der Waals surface area contributed by atoms with Crippen molar-refractivity contribution in [2.45, 2.75) is 33.6 Å². The van der Waals surface area contributed by atoms with Crippen molar-refractivity contribution < 1.29 is 23.9 Å². The van der Waals surface area contributed by atoms with Gasteiger partial charge in [0.25, 0.3) is 11.8 Å². The van der Waals surface area contributed by atoms with Crippen LogP contribution < -0.4 is 9.64 Å². The molecule has 0 bridgehead atoms. The lowest BCUT2D eigenvalue weighted by Crippen LogP contribution is -2.29. The molecule has 6 heteroatoms. The molecule has 6 nitrogen and oxygen atoms in total. The molecule has 1 aliphatic heterocycles. The van der Waals surface area contributed by atoms with Crippen LogP contribution in [0.4, 0.5) is 5.69 Å². The lowest BCUT2D eigenvalue weighted by molar-refractivity contribution is -0.142. The first-order chi connectivity index (χ1) is 15.5. The number of benzene rings is 3. The molecule has 0 N–H and O–H groups in total. The summed E-state index contributed by atoms with van der Waals surface area (Å²) in [5.41, 5.74) is 2.79. The smallest absolute Gasteiger partial charge is 0.310 e. The highest BCUT2D eigenvalue weighted by molar-refractivity contribution is 6.37. The highest BCUT2D eigenvalue weighted by atomic mass is 16.5. The van der Waals surface area contributed by atoms with E-state index in [-0.39, 0.29) is 18.3 Å². The van der Waals surface area contributed by atoms with Gasteiger partial charge in [0.2, 0.25) is 0 Å². The van der Waals surface area contributed by atoms with Crippen LogP contribution in [0, 0.1) is 0 Å². The van der Waals surface area contributed by atoms with Crippen molar-refractivity contribution in [3.63, 3.8) is 0 Å². The molecule has 0 aliphatic carbocycles. The van der Waals surface area contributed by atoms with Gasteiger partial charge in [0, 0.05) is 5.39 Å². The number of esters is 1. The van der Waals surface area contributed by atoms with Crippen LogP contribution in [0.3, 0.4) is 0 Å². The molecule has 0 fully saturated rings. The highest BCUT2D eigenvalue weighted by Gasteiger charge is 2.42. The maximum absolute atomic E-state index is 13.5. The van der Waals surface area contributed by atoms with E-state index in [9.17, 15) is 14.4 Å². The number of carbonyl (C=O) groups is 3. The van der Waals surface area contributed by atoms with Gasteiger partial charge in [-0.05, 0) is 48.9 Å². The maximum atomic E-state index is 13.5. The third kappa shape index (κ3) is 3.51. The minimum atomic E-state index is -0.396. The normalized spacial score (nSPS) is 12.9. The molecule has 1 heterocycles. The van der Waals surface area contributed by atoms with E-state index in [0.717, 1.165) is 21.9 Å². The van der Waals surface area contributed by atoms with Crippen molar-refractivity contribution in [3.8, 4) is 5.75 Å². The molecule has 0 atom stereocenters. The van der Waals surface area contributed by atoms with Crippen molar-refractivity contribution in [1.29, 1.82) is 0 Å². The fraction of sp³-hybridized carbons (Fsp3) is 0.269. The highest BCUT2D eigenvalue weighted by Crippen LogP contribution is 2.42. The molecule has 3 aromatic carbocycles. The zero-order valence-corrected chi connectivity index (χ0v) is 18.4. The molecule has 164 valence electrons. The fourth-order valence-corrected chi connectivity index (χ4v) is 4.27. The van der Waals surface area contributed by atoms with E-state index >= 15 is 0 Å². The van der Waals surface area contributed by atoms with Gasteiger partial charge in [0.15, 0.2) is 0 Å². The quantitative estimate of drug-likeness (QED) is 0.400. The Kier molecular flexibility index (Phi) is 5.95. The summed E-state index contributed by atoms with van der Waals surface area (Å²) in [7, 11) is 0. The minimum absolute atomic E-state index is 0.135. The average molecular weight is 431 g/mol. The second-order valence-electron chi connectivity index (χ2n) is 7.48. The van der Waals surface area contributed by atoms with Gasteiger partial charge in [-0.1, -0.05) is 43.3 Å². The van der Waals surface area contributed by atoms with Crippen LogP contribution >= 0.6 is 0 Å². The fourth-order valence-electron chi connectivity index (χ4n) is 4.27. The van der Waals surface area contributed by atoms with Crippen LogP contribution in [0.15, 0.2) is 48.5 Å². The number of carbonyl (C=O) groups excluding carboxylic acids is 3. The Morgan fingerprint density at radius 1 is 0.844 bits per heavy atom. The van der Waals surface area contributed by atoms with Crippen LogP contribution in [0.2, 0.25) is 0 Å². The molecular formula is C26H25NO5. The van der Waals surface area contributed by atoms with Crippen LogP contribution in [0.25, 0.3) is 10.8 Å². The number of anilines is 1. The third-order valence-electron chi connectivity index (χ3n) is 5.60.